The van der Waals surface area contributed by atoms with Crippen LogP contribution in [0.2, 0.25) is 5.02 Å². The quantitative estimate of drug-likeness (QED) is 0.620. The molecule has 0 fully saturated rings. The molecule has 0 saturated carbocycles. The zero-order chi connectivity index (χ0) is 11.1. The molecule has 0 N–H and O–H groups in total. The molecule has 0 aliphatic carbocycles. The van der Waals surface area contributed by atoms with Crippen LogP contribution in [-0.2, 0) is 0 Å². The Morgan fingerprint density at radius 3 is 2.44 bits per heavy atom. The van der Waals surface area contributed by atoms with Crippen LogP contribution in [0.15, 0.2) is 52.3 Å². The number of hydrogen-bond donors (Lipinski definition) is 0. The molecule has 0 radical (unpaired) electrons. The third-order valence-corrected chi connectivity index (χ3v) is 4.09. The Morgan fingerprint density at radius 2 is 1.67 bits per heavy atom. The number of halogens is 2. The number of fused-ring (bicyclic) bond motifs is 2. The first-order valence-corrected chi connectivity index (χ1v) is 6.25. The molecule has 0 aromatic heterocycles. The van der Waals surface area contributed by atoms with Gasteiger partial charge in [-0.3, -0.25) is 0 Å². The average Bonchev–Trinajstić information content (AvgIpc) is 2.31. The summed E-state index contributed by atoms with van der Waals surface area (Å²) < 4.78 is 0. The van der Waals surface area contributed by atoms with Gasteiger partial charge in [0.05, 0.1) is 11.4 Å². The molecule has 18 heavy (non-hydrogen) atoms. The predicted octanol–water partition coefficient (Wildman–Crippen LogP) is 5.63. The molecule has 3 rings (SSSR count). The summed E-state index contributed by atoms with van der Waals surface area (Å²) in [4.78, 5) is 4.73. The van der Waals surface area contributed by atoms with Gasteiger partial charge >= 0.3 is 0 Å². The second kappa shape index (κ2) is 5.87. The van der Waals surface area contributed by atoms with Crippen LogP contribution in [0.1, 0.15) is 7.43 Å². The van der Waals surface area contributed by atoms with Gasteiger partial charge in [0.15, 0.2) is 0 Å². The van der Waals surface area contributed by atoms with E-state index in [9.17, 15) is 0 Å². The smallest absolute Gasteiger partial charge is 0.0565 e. The highest BCUT2D eigenvalue weighted by Crippen LogP contribution is 2.47. The Bertz CT molecular complexity index is 557. The van der Waals surface area contributed by atoms with Crippen LogP contribution in [0.25, 0.3) is 0 Å². The van der Waals surface area contributed by atoms with Crippen molar-refractivity contribution in [3.8, 4) is 0 Å². The number of rotatable bonds is 0. The molecule has 1 aliphatic rings. The van der Waals surface area contributed by atoms with Gasteiger partial charge in [-0.25, -0.2) is 0 Å². The van der Waals surface area contributed by atoms with E-state index < -0.39 is 0 Å². The second-order valence-electron chi connectivity index (χ2n) is 3.74. The maximum atomic E-state index is 6.03. The lowest BCUT2D eigenvalue weighted by Crippen LogP contribution is -2.14. The fourth-order valence-corrected chi connectivity index (χ4v) is 3.20. The van der Waals surface area contributed by atoms with Crippen LogP contribution in [-0.4, -0.2) is 7.05 Å². The molecule has 4 heteroatoms. The van der Waals surface area contributed by atoms with Gasteiger partial charge in [0.2, 0.25) is 0 Å². The lowest BCUT2D eigenvalue weighted by molar-refractivity contribution is 1.11. The van der Waals surface area contributed by atoms with Crippen LogP contribution < -0.4 is 4.90 Å². The summed E-state index contributed by atoms with van der Waals surface area (Å²) in [5, 5.41) is 0.783. The molecule has 0 unspecified atom stereocenters. The van der Waals surface area contributed by atoms with Crippen molar-refractivity contribution in [3.63, 3.8) is 0 Å². The van der Waals surface area contributed by atoms with Crippen LogP contribution in [0.3, 0.4) is 0 Å². The molecule has 0 bridgehead atoms. The summed E-state index contributed by atoms with van der Waals surface area (Å²) in [6.45, 7) is 0. The Kier molecular flexibility index (Phi) is 4.97. The monoisotopic (exact) mass is 299 g/mol. The van der Waals surface area contributed by atoms with Crippen LogP contribution in [0.4, 0.5) is 11.4 Å². The molecule has 96 valence electrons. The number of anilines is 2. The zero-order valence-corrected chi connectivity index (χ0v) is 11.6. The third kappa shape index (κ3) is 2.46. The molecule has 1 heterocycles. The van der Waals surface area contributed by atoms with Gasteiger partial charge in [-0.1, -0.05) is 42.9 Å². The van der Waals surface area contributed by atoms with E-state index >= 15 is 0 Å². The van der Waals surface area contributed by atoms with Crippen molar-refractivity contribution in [2.45, 2.75) is 17.2 Å². The minimum absolute atomic E-state index is 0. The molecule has 2 aromatic rings. The SMILES string of the molecule is C.CN1c2ccccc2Sc2ccc(Cl)cc21.Cl. The predicted molar refractivity (Wildman–Crippen MR) is 84.1 cm³/mol. The van der Waals surface area contributed by atoms with Crippen molar-refractivity contribution in [1.82, 2.24) is 0 Å². The van der Waals surface area contributed by atoms with Crippen LogP contribution >= 0.6 is 35.8 Å². The van der Waals surface area contributed by atoms with Gasteiger partial charge in [0.25, 0.3) is 0 Å². The molecule has 0 spiro atoms. The van der Waals surface area contributed by atoms with Gasteiger partial charge in [-0.05, 0) is 30.3 Å². The van der Waals surface area contributed by atoms with E-state index in [1.807, 2.05) is 12.1 Å². The first-order chi connectivity index (χ1) is 7.75. The van der Waals surface area contributed by atoms with Gasteiger partial charge in [-0.2, -0.15) is 0 Å². The maximum Gasteiger partial charge on any atom is 0.0565 e. The van der Waals surface area contributed by atoms with Gasteiger partial charge in [0.1, 0.15) is 0 Å². The number of para-hydroxylation sites is 1. The van der Waals surface area contributed by atoms with Gasteiger partial charge in [0, 0.05) is 21.9 Å². The average molecular weight is 300 g/mol. The van der Waals surface area contributed by atoms with Crippen molar-refractivity contribution in [2.24, 2.45) is 0 Å². The zero-order valence-electron chi connectivity index (χ0n) is 9.18. The Balaban J connectivity index is 0.000000810. The van der Waals surface area contributed by atoms with Gasteiger partial charge in [-0.15, -0.1) is 12.4 Å². The highest BCUT2D eigenvalue weighted by Gasteiger charge is 2.19. The van der Waals surface area contributed by atoms with E-state index in [2.05, 4.69) is 42.3 Å². The number of hydrogen-bond acceptors (Lipinski definition) is 2. The van der Waals surface area contributed by atoms with Crippen molar-refractivity contribution < 1.29 is 0 Å². The molecular formula is C14H15Cl2NS. The summed E-state index contributed by atoms with van der Waals surface area (Å²) in [5.41, 5.74) is 2.42. The largest absolute Gasteiger partial charge is 0.343 e. The number of benzene rings is 2. The highest BCUT2D eigenvalue weighted by molar-refractivity contribution is 7.99. The Morgan fingerprint density at radius 1 is 1.00 bits per heavy atom. The lowest BCUT2D eigenvalue weighted by atomic mass is 10.2. The third-order valence-electron chi connectivity index (χ3n) is 2.73. The number of nitrogens with zero attached hydrogens (tertiary/aromatic N) is 1. The summed E-state index contributed by atoms with van der Waals surface area (Å²) >= 11 is 7.83. The summed E-state index contributed by atoms with van der Waals surface area (Å²) in [6.07, 6.45) is 0. The normalized spacial score (nSPS) is 11.8. The fraction of sp³-hybridized carbons (Fsp3) is 0.143. The molecule has 0 amide bonds. The second-order valence-corrected chi connectivity index (χ2v) is 5.26. The molecule has 0 saturated heterocycles. The highest BCUT2D eigenvalue weighted by atomic mass is 35.5. The van der Waals surface area contributed by atoms with Gasteiger partial charge < -0.3 is 4.90 Å². The standard InChI is InChI=1S/C13H10ClNS.CH4.ClH/c1-15-10-4-2-3-5-12(10)16-13-7-6-9(14)8-11(13)15;;/h2-8H,1H3;1H4;1H. The summed E-state index contributed by atoms with van der Waals surface area (Å²) in [5.74, 6) is 0. The Labute approximate surface area is 124 Å². The van der Waals surface area contributed by atoms with Crippen molar-refractivity contribution in [2.75, 3.05) is 11.9 Å². The fourth-order valence-electron chi connectivity index (χ4n) is 1.91. The van der Waals surface area contributed by atoms with E-state index in [-0.39, 0.29) is 19.8 Å². The molecular weight excluding hydrogens is 285 g/mol. The first-order valence-electron chi connectivity index (χ1n) is 5.06. The molecule has 1 aliphatic heterocycles. The molecule has 1 nitrogen and oxygen atoms in total. The lowest BCUT2D eigenvalue weighted by Gasteiger charge is -2.29. The van der Waals surface area contributed by atoms with E-state index in [1.54, 1.807) is 11.8 Å². The van der Waals surface area contributed by atoms with Crippen LogP contribution in [0, 0.1) is 0 Å². The van der Waals surface area contributed by atoms with Crippen molar-refractivity contribution in [3.05, 3.63) is 47.5 Å². The first kappa shape index (κ1) is 15.2. The maximum absolute atomic E-state index is 6.03. The topological polar surface area (TPSA) is 3.24 Å². The Hall–Kier alpha value is -0.830. The summed E-state index contributed by atoms with van der Waals surface area (Å²) in [6, 6.07) is 14.4. The van der Waals surface area contributed by atoms with E-state index in [0.29, 0.717) is 0 Å². The van der Waals surface area contributed by atoms with E-state index in [1.165, 1.54) is 21.2 Å². The van der Waals surface area contributed by atoms with Crippen molar-refractivity contribution >= 4 is 47.1 Å². The summed E-state index contributed by atoms with van der Waals surface area (Å²) in [7, 11) is 2.08. The van der Waals surface area contributed by atoms with Crippen LogP contribution in [0.5, 0.6) is 0 Å². The minimum atomic E-state index is 0. The molecule has 0 atom stereocenters. The molecule has 2 aromatic carbocycles. The van der Waals surface area contributed by atoms with E-state index in [0.717, 1.165) is 5.02 Å². The minimum Gasteiger partial charge on any atom is -0.343 e. The van der Waals surface area contributed by atoms with Crippen molar-refractivity contribution in [1.29, 1.82) is 0 Å². The van der Waals surface area contributed by atoms with E-state index in [4.69, 9.17) is 11.6 Å².